The van der Waals surface area contributed by atoms with Crippen LogP contribution in [0, 0.1) is 35.3 Å². The van der Waals surface area contributed by atoms with E-state index in [-0.39, 0.29) is 29.2 Å². The van der Waals surface area contributed by atoms with Crippen LogP contribution in [0.2, 0.25) is 0 Å². The average molecular weight is 434 g/mol. The zero-order valence-corrected chi connectivity index (χ0v) is 18.7. The molecular formula is C20H27N5O4S. The van der Waals surface area contributed by atoms with E-state index in [1.54, 1.807) is 0 Å². The first-order valence-electron chi connectivity index (χ1n) is 9.86. The molecule has 0 fully saturated rings. The van der Waals surface area contributed by atoms with Gasteiger partial charge in [-0.15, -0.1) is 11.3 Å². The summed E-state index contributed by atoms with van der Waals surface area (Å²) in [6.07, 6.45) is 3.05. The highest BCUT2D eigenvalue weighted by Gasteiger charge is 2.30. The Morgan fingerprint density at radius 3 is 2.63 bits per heavy atom. The van der Waals surface area contributed by atoms with Crippen molar-refractivity contribution in [2.45, 2.75) is 60.4 Å². The van der Waals surface area contributed by atoms with Crippen molar-refractivity contribution in [3.63, 3.8) is 0 Å². The Bertz CT molecular complexity index is 1000. The summed E-state index contributed by atoms with van der Waals surface area (Å²) < 4.78 is 1.26. The van der Waals surface area contributed by atoms with Gasteiger partial charge in [0.15, 0.2) is 0 Å². The third kappa shape index (κ3) is 4.53. The van der Waals surface area contributed by atoms with Gasteiger partial charge in [0.1, 0.15) is 17.9 Å². The highest BCUT2D eigenvalue weighted by molar-refractivity contribution is 7.14. The number of thiophene rings is 1. The fourth-order valence-electron chi connectivity index (χ4n) is 3.84. The highest BCUT2D eigenvalue weighted by atomic mass is 32.1. The molecule has 2 aromatic heterocycles. The van der Waals surface area contributed by atoms with Crippen molar-refractivity contribution in [3.8, 4) is 0 Å². The molecule has 10 heteroatoms. The van der Waals surface area contributed by atoms with E-state index in [1.165, 1.54) is 40.3 Å². The van der Waals surface area contributed by atoms with Gasteiger partial charge in [-0.2, -0.15) is 5.10 Å². The summed E-state index contributed by atoms with van der Waals surface area (Å²) in [5, 5.41) is 15.1. The number of carbonyl (C=O) groups is 2. The van der Waals surface area contributed by atoms with Gasteiger partial charge in [-0.25, -0.2) is 0 Å². The number of hydrogen-bond donors (Lipinski definition) is 2. The number of nitro groups is 1. The van der Waals surface area contributed by atoms with Gasteiger partial charge in [0.25, 0.3) is 11.8 Å². The number of nitrogens with zero attached hydrogens (tertiary/aromatic N) is 3. The second kappa shape index (κ2) is 8.17. The molecule has 162 valence electrons. The molecule has 3 rings (SSSR count). The molecule has 0 saturated carbocycles. The van der Waals surface area contributed by atoms with Crippen LogP contribution in [0.15, 0.2) is 6.07 Å². The maximum atomic E-state index is 12.5. The van der Waals surface area contributed by atoms with Crippen molar-refractivity contribution in [2.24, 2.45) is 11.3 Å². The van der Waals surface area contributed by atoms with E-state index in [2.05, 4.69) is 36.7 Å². The molecule has 0 aliphatic heterocycles. The maximum Gasteiger partial charge on any atom is 0.312 e. The molecule has 30 heavy (non-hydrogen) atoms. The molecule has 9 nitrogen and oxygen atoms in total. The summed E-state index contributed by atoms with van der Waals surface area (Å²) in [5.41, 5.74) is 6.67. The van der Waals surface area contributed by atoms with Crippen LogP contribution >= 0.6 is 11.3 Å². The van der Waals surface area contributed by atoms with Gasteiger partial charge in [-0.05, 0) is 56.1 Å². The fraction of sp³-hybridized carbons (Fsp3) is 0.550. The molecule has 0 bridgehead atoms. The van der Waals surface area contributed by atoms with Gasteiger partial charge in [-0.1, -0.05) is 20.8 Å². The lowest BCUT2D eigenvalue weighted by Crippen LogP contribution is -2.43. The Labute approximate surface area is 179 Å². The normalized spacial score (nSPS) is 16.1. The van der Waals surface area contributed by atoms with Crippen molar-refractivity contribution in [3.05, 3.63) is 42.9 Å². The van der Waals surface area contributed by atoms with Gasteiger partial charge >= 0.3 is 5.69 Å². The minimum atomic E-state index is -0.517. The molecule has 0 saturated heterocycles. The SMILES string of the molecule is Cc1nn(CC(=O)NNC(=O)c2cc3c(s2)CCC(C(C)(C)C)C3)c(C)c1[N+](=O)[O-]. The summed E-state index contributed by atoms with van der Waals surface area (Å²) >= 11 is 1.47. The van der Waals surface area contributed by atoms with Crippen LogP contribution in [-0.2, 0) is 24.2 Å². The summed E-state index contributed by atoms with van der Waals surface area (Å²) in [4.78, 5) is 37.0. The van der Waals surface area contributed by atoms with Crippen molar-refractivity contribution >= 4 is 28.8 Å². The van der Waals surface area contributed by atoms with E-state index in [0.29, 0.717) is 16.5 Å². The van der Waals surface area contributed by atoms with E-state index in [0.717, 1.165) is 19.3 Å². The number of aryl methyl sites for hydroxylation is 2. The van der Waals surface area contributed by atoms with Crippen LogP contribution in [0.1, 0.15) is 58.7 Å². The molecule has 2 amide bonds. The number of carbonyl (C=O) groups excluding carboxylic acids is 2. The van der Waals surface area contributed by atoms with Gasteiger partial charge in [0, 0.05) is 4.88 Å². The first-order chi connectivity index (χ1) is 14.0. The van der Waals surface area contributed by atoms with Crippen molar-refractivity contribution in [1.29, 1.82) is 0 Å². The van der Waals surface area contributed by atoms with Crippen LogP contribution in [0.4, 0.5) is 5.69 Å². The quantitative estimate of drug-likeness (QED) is 0.567. The molecule has 1 aliphatic carbocycles. The standard InChI is InChI=1S/C20H27N5O4S/c1-11-18(25(28)29)12(2)24(23-11)10-17(26)21-22-19(27)16-9-13-8-14(20(3,4)5)6-7-15(13)30-16/h9,14H,6-8,10H2,1-5H3,(H,21,26)(H,22,27). The fourth-order valence-corrected chi connectivity index (χ4v) is 4.95. The van der Waals surface area contributed by atoms with E-state index in [9.17, 15) is 19.7 Å². The van der Waals surface area contributed by atoms with Gasteiger partial charge < -0.3 is 0 Å². The van der Waals surface area contributed by atoms with Gasteiger partial charge in [0.05, 0.1) is 9.80 Å². The van der Waals surface area contributed by atoms with Crippen LogP contribution in [0.3, 0.4) is 0 Å². The first kappa shape index (κ1) is 21.9. The van der Waals surface area contributed by atoms with Crippen LogP contribution in [-0.4, -0.2) is 26.5 Å². The minimum Gasteiger partial charge on any atom is -0.271 e. The average Bonchev–Trinajstić information content (AvgIpc) is 3.19. The Hall–Kier alpha value is -2.75. The zero-order chi connectivity index (χ0) is 22.2. The lowest BCUT2D eigenvalue weighted by molar-refractivity contribution is -0.386. The van der Waals surface area contributed by atoms with Crippen LogP contribution in [0.5, 0.6) is 0 Å². The number of aromatic nitrogens is 2. The van der Waals surface area contributed by atoms with E-state index < -0.39 is 10.8 Å². The molecule has 2 N–H and O–H groups in total. The third-order valence-electron chi connectivity index (χ3n) is 5.67. The zero-order valence-electron chi connectivity index (χ0n) is 17.9. The summed E-state index contributed by atoms with van der Waals surface area (Å²) in [5.74, 6) is -0.299. The molecule has 0 aromatic carbocycles. The second-order valence-corrected chi connectivity index (χ2v) is 9.94. The largest absolute Gasteiger partial charge is 0.312 e. The van der Waals surface area contributed by atoms with E-state index in [4.69, 9.17) is 0 Å². The minimum absolute atomic E-state index is 0.107. The Morgan fingerprint density at radius 2 is 2.03 bits per heavy atom. The molecule has 2 heterocycles. The Morgan fingerprint density at radius 1 is 1.33 bits per heavy atom. The van der Waals surface area contributed by atoms with Crippen LogP contribution < -0.4 is 10.9 Å². The van der Waals surface area contributed by atoms with Crippen molar-refractivity contribution < 1.29 is 14.5 Å². The Kier molecular flexibility index (Phi) is 5.98. The molecule has 1 unspecified atom stereocenters. The van der Waals surface area contributed by atoms with Gasteiger partial charge in [-0.3, -0.25) is 35.2 Å². The molecule has 1 atom stereocenters. The number of rotatable bonds is 4. The lowest BCUT2D eigenvalue weighted by Gasteiger charge is -2.33. The maximum absolute atomic E-state index is 12.5. The second-order valence-electron chi connectivity index (χ2n) is 8.80. The first-order valence-corrected chi connectivity index (χ1v) is 10.7. The summed E-state index contributed by atoms with van der Waals surface area (Å²) in [7, 11) is 0. The van der Waals surface area contributed by atoms with Crippen molar-refractivity contribution in [1.82, 2.24) is 20.6 Å². The number of hydrogen-bond acceptors (Lipinski definition) is 6. The van der Waals surface area contributed by atoms with Crippen LogP contribution in [0.25, 0.3) is 0 Å². The smallest absolute Gasteiger partial charge is 0.271 e. The van der Waals surface area contributed by atoms with Gasteiger partial charge in [0.2, 0.25) is 0 Å². The summed E-state index contributed by atoms with van der Waals surface area (Å²) in [6, 6.07) is 1.92. The van der Waals surface area contributed by atoms with Crippen molar-refractivity contribution in [2.75, 3.05) is 0 Å². The number of hydrazine groups is 1. The van der Waals surface area contributed by atoms with E-state index >= 15 is 0 Å². The number of fused-ring (bicyclic) bond motifs is 1. The molecule has 2 aromatic rings. The predicted molar refractivity (Wildman–Crippen MR) is 113 cm³/mol. The monoisotopic (exact) mass is 433 g/mol. The topological polar surface area (TPSA) is 119 Å². The lowest BCUT2D eigenvalue weighted by atomic mass is 9.72. The summed E-state index contributed by atoms with van der Waals surface area (Å²) in [6.45, 7) is 9.56. The third-order valence-corrected chi connectivity index (χ3v) is 6.90. The molecule has 1 aliphatic rings. The predicted octanol–water partition coefficient (Wildman–Crippen LogP) is 3.08. The molecule has 0 radical (unpaired) electrons. The molecule has 0 spiro atoms. The van der Waals surface area contributed by atoms with E-state index in [1.807, 2.05) is 6.07 Å². The number of amides is 2. The highest BCUT2D eigenvalue weighted by Crippen LogP contribution is 2.40. The Balaban J connectivity index is 1.59. The number of nitrogens with one attached hydrogen (secondary N) is 2. The molecular weight excluding hydrogens is 406 g/mol.